The van der Waals surface area contributed by atoms with Crippen LogP contribution in [0.5, 0.6) is 0 Å². The molecular formula is C53H92O6. The fraction of sp³-hybridized carbons (Fsp3) is 0.755. The highest BCUT2D eigenvalue weighted by atomic mass is 16.6. The second kappa shape index (κ2) is 47.8. The van der Waals surface area contributed by atoms with Gasteiger partial charge in [0.05, 0.1) is 0 Å². The van der Waals surface area contributed by atoms with Crippen LogP contribution in [0.25, 0.3) is 0 Å². The highest BCUT2D eigenvalue weighted by Crippen LogP contribution is 2.14. The molecule has 0 heterocycles. The molecule has 0 aliphatic rings. The van der Waals surface area contributed by atoms with Gasteiger partial charge in [-0.3, -0.25) is 14.4 Å². The average molecular weight is 825 g/mol. The van der Waals surface area contributed by atoms with Crippen LogP contribution in [0.1, 0.15) is 239 Å². The van der Waals surface area contributed by atoms with Gasteiger partial charge in [0.1, 0.15) is 13.2 Å². The molecule has 0 N–H and O–H groups in total. The maximum absolute atomic E-state index is 12.8. The predicted molar refractivity (Wildman–Crippen MR) is 251 cm³/mol. The third kappa shape index (κ3) is 46.0. The number of hydrogen-bond acceptors (Lipinski definition) is 6. The van der Waals surface area contributed by atoms with Crippen molar-refractivity contribution < 1.29 is 28.6 Å². The Balaban J connectivity index is 4.40. The van der Waals surface area contributed by atoms with Crippen LogP contribution in [-0.2, 0) is 28.6 Å². The first kappa shape index (κ1) is 56.1. The lowest BCUT2D eigenvalue weighted by atomic mass is 10.1. The standard InChI is InChI=1S/C53H92O6/c1-4-7-10-13-16-19-22-24-26-28-29-31-34-37-40-43-46-52(55)58-49-50(48-57-51(54)45-42-39-36-33-21-18-15-12-9-6-3)59-53(56)47-44-41-38-35-32-30-27-25-23-20-17-14-11-8-5-2/h8,11,14,17,20,23,25-28,50H,4-7,9-10,12-13,15-16,18-19,21-22,24,29-49H2,1-3H3/b11-8-,17-14-,23-20-,27-25-,28-26-. The van der Waals surface area contributed by atoms with Gasteiger partial charge in [0.2, 0.25) is 0 Å². The van der Waals surface area contributed by atoms with Crippen LogP contribution in [0.3, 0.4) is 0 Å². The summed E-state index contributed by atoms with van der Waals surface area (Å²) < 4.78 is 16.7. The number of rotatable bonds is 44. The summed E-state index contributed by atoms with van der Waals surface area (Å²) in [6.07, 6.45) is 57.7. The second-order valence-electron chi connectivity index (χ2n) is 16.4. The van der Waals surface area contributed by atoms with E-state index in [1.165, 1.54) is 109 Å². The molecule has 0 bridgehead atoms. The summed E-state index contributed by atoms with van der Waals surface area (Å²) in [7, 11) is 0. The summed E-state index contributed by atoms with van der Waals surface area (Å²) >= 11 is 0. The summed E-state index contributed by atoms with van der Waals surface area (Å²) in [5, 5.41) is 0. The van der Waals surface area contributed by atoms with Crippen molar-refractivity contribution in [2.24, 2.45) is 0 Å². The van der Waals surface area contributed by atoms with Crippen molar-refractivity contribution in [1.29, 1.82) is 0 Å². The maximum atomic E-state index is 12.8. The summed E-state index contributed by atoms with van der Waals surface area (Å²) in [6, 6.07) is 0. The summed E-state index contributed by atoms with van der Waals surface area (Å²) in [5.41, 5.74) is 0. The van der Waals surface area contributed by atoms with E-state index in [0.717, 1.165) is 89.9 Å². The minimum absolute atomic E-state index is 0.0853. The van der Waals surface area contributed by atoms with Crippen molar-refractivity contribution in [2.75, 3.05) is 13.2 Å². The van der Waals surface area contributed by atoms with E-state index in [1.807, 2.05) is 18.2 Å². The molecule has 340 valence electrons. The number of hydrogen-bond donors (Lipinski definition) is 0. The zero-order chi connectivity index (χ0) is 43.0. The lowest BCUT2D eigenvalue weighted by Crippen LogP contribution is -2.30. The first-order valence-corrected chi connectivity index (χ1v) is 24.8. The van der Waals surface area contributed by atoms with Crippen molar-refractivity contribution in [3.05, 3.63) is 60.8 Å². The van der Waals surface area contributed by atoms with Crippen LogP contribution in [0.15, 0.2) is 60.8 Å². The molecule has 0 aliphatic carbocycles. The Bertz CT molecular complexity index is 1090. The van der Waals surface area contributed by atoms with E-state index in [-0.39, 0.29) is 31.1 Å². The Kier molecular flexibility index (Phi) is 45.4. The fourth-order valence-electron chi connectivity index (χ4n) is 6.86. The Labute approximate surface area is 364 Å². The zero-order valence-electron chi connectivity index (χ0n) is 38.8. The van der Waals surface area contributed by atoms with Crippen LogP contribution in [-0.4, -0.2) is 37.2 Å². The molecule has 0 aromatic heterocycles. The van der Waals surface area contributed by atoms with Gasteiger partial charge in [-0.1, -0.05) is 216 Å². The molecule has 0 radical (unpaired) electrons. The van der Waals surface area contributed by atoms with Gasteiger partial charge in [-0.05, 0) is 64.2 Å². The molecule has 1 unspecified atom stereocenters. The molecule has 0 saturated carbocycles. The molecule has 59 heavy (non-hydrogen) atoms. The molecule has 6 heteroatoms. The lowest BCUT2D eigenvalue weighted by molar-refractivity contribution is -0.167. The van der Waals surface area contributed by atoms with Crippen molar-refractivity contribution in [1.82, 2.24) is 0 Å². The highest BCUT2D eigenvalue weighted by Gasteiger charge is 2.19. The molecule has 0 aromatic carbocycles. The SMILES string of the molecule is CC\C=C/C=C\C=C/C=C\CCCCCCCC(=O)OC(COC(=O)CCCCCCC/C=C\CCCCCCCCC)COC(=O)CCCCCCCCCCCC. The third-order valence-electron chi connectivity index (χ3n) is 10.6. The van der Waals surface area contributed by atoms with Gasteiger partial charge in [-0.15, -0.1) is 0 Å². The van der Waals surface area contributed by atoms with E-state index in [4.69, 9.17) is 14.2 Å². The Morgan fingerprint density at radius 2 is 0.678 bits per heavy atom. The second-order valence-corrected chi connectivity index (χ2v) is 16.4. The van der Waals surface area contributed by atoms with Gasteiger partial charge in [0, 0.05) is 19.3 Å². The van der Waals surface area contributed by atoms with E-state index >= 15 is 0 Å². The van der Waals surface area contributed by atoms with Crippen LogP contribution in [0.4, 0.5) is 0 Å². The monoisotopic (exact) mass is 825 g/mol. The minimum Gasteiger partial charge on any atom is -0.462 e. The van der Waals surface area contributed by atoms with Gasteiger partial charge in [0.25, 0.3) is 0 Å². The normalized spacial score (nSPS) is 12.5. The number of esters is 3. The Hall–Kier alpha value is -2.89. The summed E-state index contributed by atoms with van der Waals surface area (Å²) in [6.45, 7) is 6.46. The van der Waals surface area contributed by atoms with E-state index in [0.29, 0.717) is 19.3 Å². The quantitative estimate of drug-likeness (QED) is 0.0200. The fourth-order valence-corrected chi connectivity index (χ4v) is 6.86. The molecular weight excluding hydrogens is 733 g/mol. The van der Waals surface area contributed by atoms with Crippen molar-refractivity contribution >= 4 is 17.9 Å². The molecule has 0 saturated heterocycles. The van der Waals surface area contributed by atoms with Crippen molar-refractivity contribution in [3.63, 3.8) is 0 Å². The van der Waals surface area contributed by atoms with Crippen molar-refractivity contribution in [3.8, 4) is 0 Å². The van der Waals surface area contributed by atoms with Gasteiger partial charge >= 0.3 is 17.9 Å². The smallest absolute Gasteiger partial charge is 0.306 e. The molecule has 0 rings (SSSR count). The van der Waals surface area contributed by atoms with E-state index in [1.54, 1.807) is 0 Å². The molecule has 0 amide bonds. The number of ether oxygens (including phenoxy) is 3. The van der Waals surface area contributed by atoms with Crippen LogP contribution in [0, 0.1) is 0 Å². The van der Waals surface area contributed by atoms with Gasteiger partial charge in [0.15, 0.2) is 6.10 Å². The topological polar surface area (TPSA) is 78.9 Å². The first-order valence-electron chi connectivity index (χ1n) is 24.8. The number of unbranched alkanes of at least 4 members (excludes halogenated alkanes) is 26. The van der Waals surface area contributed by atoms with Gasteiger partial charge < -0.3 is 14.2 Å². The molecule has 0 fully saturated rings. The van der Waals surface area contributed by atoms with E-state index in [2.05, 4.69) is 63.3 Å². The van der Waals surface area contributed by atoms with E-state index in [9.17, 15) is 14.4 Å². The van der Waals surface area contributed by atoms with E-state index < -0.39 is 6.10 Å². The molecule has 0 aliphatic heterocycles. The van der Waals surface area contributed by atoms with Crippen LogP contribution >= 0.6 is 0 Å². The molecule has 6 nitrogen and oxygen atoms in total. The Morgan fingerprint density at radius 1 is 0.356 bits per heavy atom. The first-order chi connectivity index (χ1) is 29.0. The predicted octanol–water partition coefficient (Wildman–Crippen LogP) is 16.1. The summed E-state index contributed by atoms with van der Waals surface area (Å²) in [4.78, 5) is 37.9. The van der Waals surface area contributed by atoms with Crippen molar-refractivity contribution in [2.45, 2.75) is 245 Å². The number of carbonyl (C=O) groups is 3. The third-order valence-corrected chi connectivity index (χ3v) is 10.6. The minimum atomic E-state index is -0.786. The number of allylic oxidation sites excluding steroid dienone is 10. The molecule has 1 atom stereocenters. The molecule has 0 aromatic rings. The zero-order valence-corrected chi connectivity index (χ0v) is 38.8. The summed E-state index contributed by atoms with van der Waals surface area (Å²) in [5.74, 6) is -0.917. The van der Waals surface area contributed by atoms with Gasteiger partial charge in [-0.25, -0.2) is 0 Å². The number of carbonyl (C=O) groups excluding carboxylic acids is 3. The van der Waals surface area contributed by atoms with Crippen LogP contribution in [0.2, 0.25) is 0 Å². The lowest BCUT2D eigenvalue weighted by Gasteiger charge is -2.18. The highest BCUT2D eigenvalue weighted by molar-refractivity contribution is 5.71. The average Bonchev–Trinajstić information content (AvgIpc) is 3.23. The maximum Gasteiger partial charge on any atom is 0.306 e. The molecule has 0 spiro atoms. The largest absolute Gasteiger partial charge is 0.462 e. The van der Waals surface area contributed by atoms with Gasteiger partial charge in [-0.2, -0.15) is 0 Å². The Morgan fingerprint density at radius 3 is 1.08 bits per heavy atom. The van der Waals surface area contributed by atoms with Crippen LogP contribution < -0.4 is 0 Å².